The zero-order valence-corrected chi connectivity index (χ0v) is 16.5. The van der Waals surface area contributed by atoms with Gasteiger partial charge in [-0.05, 0) is 45.4 Å². The number of anilines is 1. The van der Waals surface area contributed by atoms with Crippen molar-refractivity contribution in [1.29, 1.82) is 5.26 Å². The van der Waals surface area contributed by atoms with Crippen molar-refractivity contribution in [2.45, 2.75) is 39.3 Å². The van der Waals surface area contributed by atoms with Crippen molar-refractivity contribution in [2.24, 2.45) is 5.73 Å². The molecule has 0 unspecified atom stereocenters. The topological polar surface area (TPSA) is 124 Å². The molecule has 3 heterocycles. The van der Waals surface area contributed by atoms with Crippen LogP contribution in [0.15, 0.2) is 18.2 Å². The number of carbonyl (C=O) groups excluding carboxylic acids is 1. The van der Waals surface area contributed by atoms with Crippen molar-refractivity contribution in [2.75, 3.05) is 18.5 Å². The van der Waals surface area contributed by atoms with Crippen LogP contribution in [-0.4, -0.2) is 38.4 Å². The molecule has 1 aliphatic rings. The molecule has 4 rings (SSSR count). The highest BCUT2D eigenvalue weighted by atomic mass is 16.5. The summed E-state index contributed by atoms with van der Waals surface area (Å²) in [6, 6.07) is 7.30. The van der Waals surface area contributed by atoms with E-state index < -0.39 is 0 Å². The Labute approximate surface area is 168 Å². The Balaban J connectivity index is 1.79. The highest BCUT2D eigenvalue weighted by Crippen LogP contribution is 2.38. The second kappa shape index (κ2) is 7.56. The van der Waals surface area contributed by atoms with E-state index >= 15 is 0 Å². The second-order valence-electron chi connectivity index (χ2n) is 7.10. The first kappa shape index (κ1) is 19.0. The van der Waals surface area contributed by atoms with Gasteiger partial charge in [0.05, 0.1) is 28.9 Å². The fourth-order valence-corrected chi connectivity index (χ4v) is 3.77. The fraction of sp³-hybridized carbons (Fsp3) is 0.400. The number of aromatic nitrogens is 4. The standard InChI is InChI=1S/C20H23N7O2/c1-3-26-16(7-12(2)25-26)19(28)24-20-23-15-8-13(10-22)9-17-18(15)27(20)14(11-29-17)5-4-6-21/h7-9,14H,3-6,11,21H2,1-2H3,(H,23,24,28)/t14-/m0/s1. The van der Waals surface area contributed by atoms with Gasteiger partial charge in [-0.15, -0.1) is 0 Å². The van der Waals surface area contributed by atoms with Crippen LogP contribution < -0.4 is 15.8 Å². The molecule has 150 valence electrons. The van der Waals surface area contributed by atoms with Crippen molar-refractivity contribution in [3.63, 3.8) is 0 Å². The molecular formula is C20H23N7O2. The molecule has 0 saturated heterocycles. The normalized spacial score (nSPS) is 15.2. The van der Waals surface area contributed by atoms with E-state index in [4.69, 9.17) is 10.5 Å². The van der Waals surface area contributed by atoms with E-state index in [1.807, 2.05) is 18.4 Å². The molecule has 9 heteroatoms. The number of nitriles is 1. The van der Waals surface area contributed by atoms with Gasteiger partial charge < -0.3 is 15.0 Å². The molecule has 0 saturated carbocycles. The van der Waals surface area contributed by atoms with Gasteiger partial charge >= 0.3 is 0 Å². The smallest absolute Gasteiger partial charge is 0.276 e. The number of hydrogen-bond acceptors (Lipinski definition) is 6. The van der Waals surface area contributed by atoms with Crippen molar-refractivity contribution >= 4 is 22.9 Å². The van der Waals surface area contributed by atoms with Crippen LogP contribution in [0, 0.1) is 18.3 Å². The Morgan fingerprint density at radius 2 is 2.28 bits per heavy atom. The molecular weight excluding hydrogens is 370 g/mol. The molecule has 1 aliphatic heterocycles. The number of aryl methyl sites for hydroxylation is 2. The summed E-state index contributed by atoms with van der Waals surface area (Å²) in [5.74, 6) is 0.767. The average molecular weight is 393 g/mol. The summed E-state index contributed by atoms with van der Waals surface area (Å²) >= 11 is 0. The Kier molecular flexibility index (Phi) is 4.94. The molecule has 3 aromatic rings. The first-order valence-corrected chi connectivity index (χ1v) is 9.70. The third-order valence-corrected chi connectivity index (χ3v) is 5.08. The van der Waals surface area contributed by atoms with E-state index in [0.717, 1.165) is 24.1 Å². The number of nitrogens with two attached hydrogens (primary N) is 1. The van der Waals surface area contributed by atoms with Crippen LogP contribution in [-0.2, 0) is 6.54 Å². The molecule has 0 fully saturated rings. The van der Waals surface area contributed by atoms with Gasteiger partial charge in [0.1, 0.15) is 23.6 Å². The second-order valence-corrected chi connectivity index (χ2v) is 7.10. The number of benzene rings is 1. The SMILES string of the molecule is CCn1nc(C)cc1C(=O)Nc1nc2cc(C#N)cc3c2n1[C@@H](CCCN)CO3. The Bertz CT molecular complexity index is 1120. The molecule has 1 atom stereocenters. The zero-order valence-electron chi connectivity index (χ0n) is 16.5. The van der Waals surface area contributed by atoms with Crippen LogP contribution in [0.1, 0.15) is 47.6 Å². The van der Waals surface area contributed by atoms with Crippen molar-refractivity contribution in [3.05, 3.63) is 35.2 Å². The number of nitrogens with one attached hydrogen (secondary N) is 1. The van der Waals surface area contributed by atoms with Gasteiger partial charge in [-0.25, -0.2) is 4.98 Å². The summed E-state index contributed by atoms with van der Waals surface area (Å²) in [6.07, 6.45) is 1.63. The fourth-order valence-electron chi connectivity index (χ4n) is 3.77. The minimum Gasteiger partial charge on any atom is -0.489 e. The first-order chi connectivity index (χ1) is 14.0. The molecule has 2 aromatic heterocycles. The van der Waals surface area contributed by atoms with E-state index in [-0.39, 0.29) is 11.9 Å². The summed E-state index contributed by atoms with van der Waals surface area (Å²) in [5.41, 5.74) is 8.83. The average Bonchev–Trinajstić information content (AvgIpc) is 3.28. The van der Waals surface area contributed by atoms with Gasteiger partial charge in [0, 0.05) is 12.6 Å². The van der Waals surface area contributed by atoms with E-state index in [1.165, 1.54) is 0 Å². The summed E-state index contributed by atoms with van der Waals surface area (Å²) in [6.45, 7) is 5.39. The van der Waals surface area contributed by atoms with E-state index in [1.54, 1.807) is 22.9 Å². The number of imidazole rings is 1. The summed E-state index contributed by atoms with van der Waals surface area (Å²) in [5, 5.41) is 16.6. The van der Waals surface area contributed by atoms with E-state index in [2.05, 4.69) is 21.5 Å². The van der Waals surface area contributed by atoms with Crippen LogP contribution in [0.2, 0.25) is 0 Å². The first-order valence-electron chi connectivity index (χ1n) is 9.70. The van der Waals surface area contributed by atoms with Crippen LogP contribution in [0.25, 0.3) is 11.0 Å². The maximum atomic E-state index is 13.0. The number of ether oxygens (including phenoxy) is 1. The Morgan fingerprint density at radius 3 is 3.00 bits per heavy atom. The molecule has 0 bridgehead atoms. The molecule has 29 heavy (non-hydrogen) atoms. The number of hydrogen-bond donors (Lipinski definition) is 2. The predicted molar refractivity (Wildman–Crippen MR) is 108 cm³/mol. The van der Waals surface area contributed by atoms with Gasteiger partial charge in [-0.2, -0.15) is 10.4 Å². The van der Waals surface area contributed by atoms with Gasteiger partial charge in [-0.3, -0.25) is 14.8 Å². The number of rotatable bonds is 6. The number of carbonyl (C=O) groups is 1. The Morgan fingerprint density at radius 1 is 1.45 bits per heavy atom. The van der Waals surface area contributed by atoms with Crippen molar-refractivity contribution in [3.8, 4) is 11.8 Å². The highest BCUT2D eigenvalue weighted by molar-refractivity contribution is 6.03. The van der Waals surface area contributed by atoms with Gasteiger partial charge in [-0.1, -0.05) is 0 Å². The third kappa shape index (κ3) is 3.32. The minimum absolute atomic E-state index is 0.00268. The summed E-state index contributed by atoms with van der Waals surface area (Å²) < 4.78 is 9.58. The lowest BCUT2D eigenvalue weighted by Crippen LogP contribution is -2.26. The van der Waals surface area contributed by atoms with Crippen LogP contribution in [0.4, 0.5) is 5.95 Å². The lowest BCUT2D eigenvalue weighted by Gasteiger charge is -2.27. The Hall–Kier alpha value is -3.38. The molecule has 3 N–H and O–H groups in total. The largest absolute Gasteiger partial charge is 0.489 e. The van der Waals surface area contributed by atoms with E-state index in [0.29, 0.717) is 48.2 Å². The molecule has 1 aromatic carbocycles. The third-order valence-electron chi connectivity index (χ3n) is 5.08. The van der Waals surface area contributed by atoms with E-state index in [9.17, 15) is 10.1 Å². The maximum Gasteiger partial charge on any atom is 0.276 e. The predicted octanol–water partition coefficient (Wildman–Crippen LogP) is 2.36. The number of amides is 1. The van der Waals surface area contributed by atoms with Crippen LogP contribution >= 0.6 is 0 Å². The number of nitrogens with zero attached hydrogens (tertiary/aromatic N) is 5. The lowest BCUT2D eigenvalue weighted by atomic mass is 10.1. The quantitative estimate of drug-likeness (QED) is 0.662. The zero-order chi connectivity index (χ0) is 20.5. The molecule has 0 aliphatic carbocycles. The highest BCUT2D eigenvalue weighted by Gasteiger charge is 2.28. The minimum atomic E-state index is -0.273. The lowest BCUT2D eigenvalue weighted by molar-refractivity contribution is 0.101. The van der Waals surface area contributed by atoms with Gasteiger partial charge in [0.15, 0.2) is 0 Å². The van der Waals surface area contributed by atoms with Crippen molar-refractivity contribution < 1.29 is 9.53 Å². The molecule has 1 amide bonds. The molecule has 9 nitrogen and oxygen atoms in total. The summed E-state index contributed by atoms with van der Waals surface area (Å²) in [4.78, 5) is 17.6. The molecule has 0 radical (unpaired) electrons. The molecule has 0 spiro atoms. The maximum absolute atomic E-state index is 13.0. The van der Waals surface area contributed by atoms with Gasteiger partial charge in [0.2, 0.25) is 5.95 Å². The monoisotopic (exact) mass is 393 g/mol. The van der Waals surface area contributed by atoms with Crippen LogP contribution in [0.5, 0.6) is 5.75 Å². The van der Waals surface area contributed by atoms with Crippen LogP contribution in [0.3, 0.4) is 0 Å². The summed E-state index contributed by atoms with van der Waals surface area (Å²) in [7, 11) is 0. The van der Waals surface area contributed by atoms with Crippen molar-refractivity contribution in [1.82, 2.24) is 19.3 Å². The van der Waals surface area contributed by atoms with Gasteiger partial charge in [0.25, 0.3) is 5.91 Å².